The molecule has 0 spiro atoms. The van der Waals surface area contributed by atoms with Crippen LogP contribution in [0.4, 0.5) is 5.69 Å². The van der Waals surface area contributed by atoms with Crippen LogP contribution in [-0.4, -0.2) is 49.3 Å². The third-order valence-electron chi connectivity index (χ3n) is 10.9. The summed E-state index contributed by atoms with van der Waals surface area (Å²) in [4.78, 5) is 53.6. The third kappa shape index (κ3) is 4.21. The number of allylic oxidation sites excluding steroid dienone is 2. The fourth-order valence-corrected chi connectivity index (χ4v) is 8.18. The summed E-state index contributed by atoms with van der Waals surface area (Å²) >= 11 is 0. The zero-order valence-corrected chi connectivity index (χ0v) is 26.8. The first kappa shape index (κ1) is 32.5. The minimum atomic E-state index is -2.70. The first-order valence-corrected chi connectivity index (χ1v) is 15.0. The third-order valence-corrected chi connectivity index (χ3v) is 10.9. The average molecular weight is 596 g/mol. The molecule has 0 fully saturated rings. The Hall–Kier alpha value is -3.46. The van der Waals surface area contributed by atoms with Crippen LogP contribution in [0.2, 0.25) is 0 Å². The predicted octanol–water partition coefficient (Wildman–Crippen LogP) is 5.92. The van der Waals surface area contributed by atoms with E-state index in [0.29, 0.717) is 12.0 Å². The molecular formula is C34H45NO8. The summed E-state index contributed by atoms with van der Waals surface area (Å²) in [5.41, 5.74) is -5.91. The van der Waals surface area contributed by atoms with Crippen LogP contribution in [0.15, 0.2) is 34.8 Å². The summed E-state index contributed by atoms with van der Waals surface area (Å²) in [6.07, 6.45) is 0.808. The van der Waals surface area contributed by atoms with Gasteiger partial charge in [-0.25, -0.2) is 0 Å². The van der Waals surface area contributed by atoms with Crippen molar-refractivity contribution in [2.75, 3.05) is 5.32 Å². The Balaban J connectivity index is 1.97. The number of phenolic OH excluding ortho intramolecular Hbond substituents is 1. The van der Waals surface area contributed by atoms with Crippen molar-refractivity contribution in [2.24, 2.45) is 34.0 Å². The molecule has 0 aromatic heterocycles. The van der Waals surface area contributed by atoms with E-state index in [0.717, 1.165) is 6.92 Å². The number of carbonyl (C=O) groups excluding carboxylic acids is 4. The summed E-state index contributed by atoms with van der Waals surface area (Å²) < 4.78 is 0. The summed E-state index contributed by atoms with van der Waals surface area (Å²) in [7, 11) is 0. The molecule has 1 amide bonds. The zero-order chi connectivity index (χ0) is 32.8. The number of benzene rings is 1. The van der Waals surface area contributed by atoms with Gasteiger partial charge < -0.3 is 25.7 Å². The molecule has 1 aromatic carbocycles. The second kappa shape index (κ2) is 10.0. The minimum Gasteiger partial charge on any atom is -0.511 e. The van der Waals surface area contributed by atoms with Crippen LogP contribution in [0.5, 0.6) is 5.75 Å². The normalized spacial score (nSPS) is 32.4. The highest BCUT2D eigenvalue weighted by Crippen LogP contribution is 2.70. The number of aliphatic hydroxyl groups excluding tert-OH is 2. The Morgan fingerprint density at radius 3 is 2.14 bits per heavy atom. The molecule has 0 aliphatic heterocycles. The molecule has 0 radical (unpaired) electrons. The van der Waals surface area contributed by atoms with Crippen molar-refractivity contribution < 1.29 is 39.6 Å². The first-order chi connectivity index (χ1) is 19.6. The number of carbonyl (C=O) groups is 4. The maximum atomic E-state index is 14.4. The highest BCUT2D eigenvalue weighted by molar-refractivity contribution is 6.25. The molecule has 43 heavy (non-hydrogen) atoms. The van der Waals surface area contributed by atoms with Gasteiger partial charge in [-0.15, -0.1) is 0 Å². The van der Waals surface area contributed by atoms with Crippen LogP contribution in [0, 0.1) is 34.0 Å². The van der Waals surface area contributed by atoms with Gasteiger partial charge in [0.1, 0.15) is 17.1 Å². The van der Waals surface area contributed by atoms with Crippen molar-refractivity contribution >= 4 is 28.9 Å². The maximum absolute atomic E-state index is 14.4. The number of rotatable bonds is 5. The second-order valence-electron chi connectivity index (χ2n) is 14.7. The van der Waals surface area contributed by atoms with Crippen LogP contribution in [0.25, 0.3) is 0 Å². The standard InChI is InChI=1S/C34H45NO8/c1-15(2)24-27(39)22(17(4)36)29(41)34(43)30(42)25-28(40)23-19(16(3)32(25,9)18(5)33(24,34)10)11-12-20(26(23)38)35-21(37)13-14-31(6,7)8/h11-12,15-16,18,24,38-39,42-43H,13-14H2,1-10H3,(H,35,37)/t16-,18-,24?,32-,33-,34+/m1/s1. The smallest absolute Gasteiger partial charge is 0.224 e. The van der Waals surface area contributed by atoms with Gasteiger partial charge in [-0.3, -0.25) is 19.2 Å². The van der Waals surface area contributed by atoms with Gasteiger partial charge in [-0.1, -0.05) is 68.4 Å². The fourth-order valence-electron chi connectivity index (χ4n) is 8.18. The Bertz CT molecular complexity index is 1510. The van der Waals surface area contributed by atoms with Crippen LogP contribution >= 0.6 is 0 Å². The number of Topliss-reactive ketones (excluding diaryl/α,β-unsaturated/α-hetero) is 3. The number of amides is 1. The number of fused-ring (bicyclic) bond motifs is 3. The number of aliphatic hydroxyl groups is 3. The van der Waals surface area contributed by atoms with Crippen molar-refractivity contribution in [1.82, 2.24) is 0 Å². The monoisotopic (exact) mass is 595 g/mol. The lowest BCUT2D eigenvalue weighted by molar-refractivity contribution is -0.189. The van der Waals surface area contributed by atoms with Gasteiger partial charge in [0.25, 0.3) is 0 Å². The maximum Gasteiger partial charge on any atom is 0.224 e. The molecule has 3 aliphatic carbocycles. The number of hydrogen-bond acceptors (Lipinski definition) is 8. The molecule has 0 bridgehead atoms. The molecule has 0 heterocycles. The van der Waals surface area contributed by atoms with Gasteiger partial charge in [0.05, 0.1) is 11.3 Å². The first-order valence-electron chi connectivity index (χ1n) is 15.0. The molecule has 234 valence electrons. The highest BCUT2D eigenvalue weighted by atomic mass is 16.3. The summed E-state index contributed by atoms with van der Waals surface area (Å²) in [6, 6.07) is 3.22. The zero-order valence-electron chi connectivity index (χ0n) is 26.8. The molecule has 3 aliphatic rings. The Morgan fingerprint density at radius 2 is 1.63 bits per heavy atom. The number of nitrogens with one attached hydrogen (secondary N) is 1. The van der Waals surface area contributed by atoms with E-state index in [9.17, 15) is 39.6 Å². The SMILES string of the molecule is CC(=O)C1=C(O)C(C(C)C)[C@@]2(C)[C@H](C)[C@]3(C)C(=C(O)[C@@]2(O)C1=O)C(=O)c1c(ccc(NC(=O)CCC(C)(C)C)c1O)[C@H]3C. The van der Waals surface area contributed by atoms with Crippen LogP contribution in [-0.2, 0) is 14.4 Å². The van der Waals surface area contributed by atoms with E-state index in [1.807, 2.05) is 27.7 Å². The lowest BCUT2D eigenvalue weighted by Crippen LogP contribution is -2.71. The molecule has 1 aromatic rings. The summed E-state index contributed by atoms with van der Waals surface area (Å²) in [5, 5.41) is 49.7. The summed E-state index contributed by atoms with van der Waals surface area (Å²) in [6.45, 7) is 17.7. The van der Waals surface area contributed by atoms with Crippen LogP contribution < -0.4 is 5.32 Å². The number of hydrogen-bond donors (Lipinski definition) is 5. The van der Waals surface area contributed by atoms with Crippen LogP contribution in [0.3, 0.4) is 0 Å². The molecule has 5 N–H and O–H groups in total. The topological polar surface area (TPSA) is 161 Å². The van der Waals surface area contributed by atoms with Crippen molar-refractivity contribution in [3.05, 3.63) is 45.9 Å². The molecule has 9 heteroatoms. The lowest BCUT2D eigenvalue weighted by atomic mass is 9.39. The molecule has 0 saturated heterocycles. The Labute approximate surface area is 253 Å². The number of ketones is 3. The van der Waals surface area contributed by atoms with Gasteiger partial charge in [0.2, 0.25) is 11.7 Å². The number of anilines is 1. The van der Waals surface area contributed by atoms with Crippen molar-refractivity contribution in [3.63, 3.8) is 0 Å². The Kier molecular flexibility index (Phi) is 7.58. The molecule has 0 saturated carbocycles. The summed E-state index contributed by atoms with van der Waals surface area (Å²) in [5.74, 6) is -7.30. The van der Waals surface area contributed by atoms with Gasteiger partial charge in [-0.2, -0.15) is 0 Å². The molecule has 1 unspecified atom stereocenters. The van der Waals surface area contributed by atoms with E-state index in [4.69, 9.17) is 0 Å². The predicted molar refractivity (Wildman–Crippen MR) is 162 cm³/mol. The minimum absolute atomic E-state index is 0.0367. The van der Waals surface area contributed by atoms with E-state index in [2.05, 4.69) is 5.32 Å². The van der Waals surface area contributed by atoms with E-state index >= 15 is 0 Å². The second-order valence-corrected chi connectivity index (χ2v) is 14.7. The largest absolute Gasteiger partial charge is 0.511 e. The molecule has 9 nitrogen and oxygen atoms in total. The number of aromatic hydroxyl groups is 1. The van der Waals surface area contributed by atoms with E-state index < -0.39 is 74.4 Å². The van der Waals surface area contributed by atoms with E-state index in [1.54, 1.807) is 46.8 Å². The van der Waals surface area contributed by atoms with Crippen molar-refractivity contribution in [3.8, 4) is 5.75 Å². The average Bonchev–Trinajstić information content (AvgIpc) is 2.88. The van der Waals surface area contributed by atoms with Gasteiger partial charge >= 0.3 is 0 Å². The quantitative estimate of drug-likeness (QED) is 0.207. The Morgan fingerprint density at radius 1 is 1.05 bits per heavy atom. The van der Waals surface area contributed by atoms with Crippen molar-refractivity contribution in [1.29, 1.82) is 0 Å². The van der Waals surface area contributed by atoms with Crippen LogP contribution in [0.1, 0.15) is 104 Å². The molecular weight excluding hydrogens is 550 g/mol. The number of phenols is 1. The molecule has 6 atom stereocenters. The lowest BCUT2D eigenvalue weighted by Gasteiger charge is -2.64. The molecule has 4 rings (SSSR count). The van der Waals surface area contributed by atoms with Gasteiger partial charge in [-0.05, 0) is 48.1 Å². The van der Waals surface area contributed by atoms with Gasteiger partial charge in [0, 0.05) is 28.7 Å². The fraction of sp³-hybridized carbons (Fsp3) is 0.588. The van der Waals surface area contributed by atoms with Gasteiger partial charge in [0.15, 0.2) is 22.9 Å². The van der Waals surface area contributed by atoms with Crippen molar-refractivity contribution in [2.45, 2.75) is 93.6 Å². The highest BCUT2D eigenvalue weighted by Gasteiger charge is 2.74. The van der Waals surface area contributed by atoms with E-state index in [-0.39, 0.29) is 40.5 Å². The van der Waals surface area contributed by atoms with E-state index in [1.165, 1.54) is 0 Å².